The van der Waals surface area contributed by atoms with Crippen LogP contribution in [0.15, 0.2) is 24.3 Å². The molecule has 0 fully saturated rings. The van der Waals surface area contributed by atoms with Crippen LogP contribution in [-0.2, 0) is 16.4 Å². The zero-order valence-electron chi connectivity index (χ0n) is 12.6. The topological polar surface area (TPSA) is 37.4 Å². The minimum atomic E-state index is -2.87. The Morgan fingerprint density at radius 1 is 1.11 bits per heavy atom. The van der Waals surface area contributed by atoms with E-state index in [1.807, 2.05) is 11.9 Å². The molecule has 0 spiro atoms. The van der Waals surface area contributed by atoms with Crippen molar-refractivity contribution in [1.82, 2.24) is 4.90 Å². The van der Waals surface area contributed by atoms with Crippen LogP contribution in [0.4, 0.5) is 0 Å². The van der Waals surface area contributed by atoms with Crippen molar-refractivity contribution >= 4 is 23.1 Å². The molecular formula is C14H25NO2SSi. The second-order valence-electron chi connectivity index (χ2n) is 6.31. The number of nitrogens with zero attached hydrogens (tertiary/aromatic N) is 1. The van der Waals surface area contributed by atoms with Crippen LogP contribution in [0.5, 0.6) is 0 Å². The lowest BCUT2D eigenvalue weighted by Crippen LogP contribution is -2.37. The molecule has 108 valence electrons. The Kier molecular flexibility index (Phi) is 5.35. The summed E-state index contributed by atoms with van der Waals surface area (Å²) in [7, 11) is -2.15. The average molecular weight is 300 g/mol. The van der Waals surface area contributed by atoms with Crippen molar-refractivity contribution < 1.29 is 8.42 Å². The predicted molar refractivity (Wildman–Crippen MR) is 85.5 cm³/mol. The molecule has 0 aromatic heterocycles. The maximum absolute atomic E-state index is 11.1. The molecular weight excluding hydrogens is 274 g/mol. The van der Waals surface area contributed by atoms with E-state index in [2.05, 4.69) is 43.9 Å². The largest absolute Gasteiger partial charge is 0.301 e. The smallest absolute Gasteiger partial charge is 0.148 e. The number of sulfone groups is 1. The Balaban J connectivity index is 2.58. The predicted octanol–water partition coefficient (Wildman–Crippen LogP) is 1.71. The summed E-state index contributed by atoms with van der Waals surface area (Å²) in [6.45, 7) is 8.37. The molecule has 0 radical (unpaired) electrons. The highest BCUT2D eigenvalue weighted by Crippen LogP contribution is 2.06. The molecule has 19 heavy (non-hydrogen) atoms. The SMILES string of the molecule is CN(CCS(C)(=O)=O)Cc1ccc([Si](C)(C)C)cc1. The fourth-order valence-electron chi connectivity index (χ4n) is 1.82. The molecule has 1 aromatic rings. The highest BCUT2D eigenvalue weighted by Gasteiger charge is 2.15. The van der Waals surface area contributed by atoms with Crippen molar-refractivity contribution in [3.05, 3.63) is 29.8 Å². The summed E-state index contributed by atoms with van der Waals surface area (Å²) < 4.78 is 22.2. The lowest BCUT2D eigenvalue weighted by molar-refractivity contribution is 0.346. The highest BCUT2D eigenvalue weighted by atomic mass is 32.2. The molecule has 0 heterocycles. The van der Waals surface area contributed by atoms with E-state index in [-0.39, 0.29) is 5.75 Å². The normalized spacial score (nSPS) is 12.9. The summed E-state index contributed by atoms with van der Waals surface area (Å²) in [6, 6.07) is 8.74. The Hall–Kier alpha value is -0.653. The molecule has 0 aliphatic carbocycles. The van der Waals surface area contributed by atoms with Gasteiger partial charge >= 0.3 is 0 Å². The van der Waals surface area contributed by atoms with Gasteiger partial charge < -0.3 is 4.90 Å². The first kappa shape index (κ1) is 16.4. The standard InChI is InChI=1S/C14H25NO2SSi/c1-15(10-11-18(2,16)17)12-13-6-8-14(9-7-13)19(3,4)5/h6-9H,10-12H2,1-5H3. The van der Waals surface area contributed by atoms with Gasteiger partial charge in [0.2, 0.25) is 0 Å². The van der Waals surface area contributed by atoms with Crippen LogP contribution in [0.1, 0.15) is 5.56 Å². The molecule has 0 aliphatic heterocycles. The molecule has 0 amide bonds. The monoisotopic (exact) mass is 299 g/mol. The Labute approximate surface area is 118 Å². The summed E-state index contributed by atoms with van der Waals surface area (Å²) >= 11 is 0. The quantitative estimate of drug-likeness (QED) is 0.751. The van der Waals surface area contributed by atoms with Gasteiger partial charge in [-0.15, -0.1) is 0 Å². The first-order chi connectivity index (χ1) is 8.58. The van der Waals surface area contributed by atoms with Crippen LogP contribution < -0.4 is 5.19 Å². The van der Waals surface area contributed by atoms with E-state index in [1.54, 1.807) is 0 Å². The molecule has 0 N–H and O–H groups in total. The molecule has 5 heteroatoms. The molecule has 0 saturated heterocycles. The first-order valence-electron chi connectivity index (χ1n) is 6.53. The third-order valence-corrected chi connectivity index (χ3v) is 6.11. The molecule has 0 saturated carbocycles. The van der Waals surface area contributed by atoms with Gasteiger partial charge in [0.05, 0.1) is 13.8 Å². The zero-order chi connectivity index (χ0) is 14.7. The molecule has 0 unspecified atom stereocenters. The van der Waals surface area contributed by atoms with Crippen molar-refractivity contribution in [3.8, 4) is 0 Å². The fourth-order valence-corrected chi connectivity index (χ4v) is 3.63. The Morgan fingerprint density at radius 2 is 1.63 bits per heavy atom. The van der Waals surface area contributed by atoms with Crippen molar-refractivity contribution in [2.45, 2.75) is 26.2 Å². The van der Waals surface area contributed by atoms with Crippen LogP contribution in [0.2, 0.25) is 19.6 Å². The Bertz CT molecular complexity index is 503. The zero-order valence-corrected chi connectivity index (χ0v) is 14.4. The van der Waals surface area contributed by atoms with Crippen molar-refractivity contribution in [2.24, 2.45) is 0 Å². The van der Waals surface area contributed by atoms with Crippen molar-refractivity contribution in [1.29, 1.82) is 0 Å². The van der Waals surface area contributed by atoms with Crippen molar-refractivity contribution in [3.63, 3.8) is 0 Å². The number of hydrogen-bond donors (Lipinski definition) is 0. The Morgan fingerprint density at radius 3 is 2.05 bits per heavy atom. The van der Waals surface area contributed by atoms with E-state index >= 15 is 0 Å². The van der Waals surface area contributed by atoms with Crippen LogP contribution in [-0.4, -0.2) is 47.0 Å². The molecule has 1 rings (SSSR count). The number of benzene rings is 1. The second-order valence-corrected chi connectivity index (χ2v) is 13.7. The second kappa shape index (κ2) is 6.20. The third kappa shape index (κ3) is 6.36. The summed E-state index contributed by atoms with van der Waals surface area (Å²) in [5, 5.41) is 1.45. The van der Waals surface area contributed by atoms with Gasteiger partial charge in [-0.1, -0.05) is 49.1 Å². The van der Waals surface area contributed by atoms with Gasteiger partial charge in [0.1, 0.15) is 9.84 Å². The maximum Gasteiger partial charge on any atom is 0.148 e. The van der Waals surface area contributed by atoms with Crippen LogP contribution in [0.25, 0.3) is 0 Å². The number of rotatable bonds is 6. The fraction of sp³-hybridized carbons (Fsp3) is 0.571. The van der Waals surface area contributed by atoms with Crippen LogP contribution in [0, 0.1) is 0 Å². The van der Waals surface area contributed by atoms with Crippen LogP contribution in [0.3, 0.4) is 0 Å². The summed E-state index contributed by atoms with van der Waals surface area (Å²) in [4.78, 5) is 2.05. The van der Waals surface area contributed by atoms with Gasteiger partial charge in [-0.3, -0.25) is 0 Å². The maximum atomic E-state index is 11.1. The third-order valence-electron chi connectivity index (χ3n) is 3.12. The van der Waals surface area contributed by atoms with Crippen LogP contribution >= 0.6 is 0 Å². The molecule has 0 bridgehead atoms. The molecule has 0 atom stereocenters. The van der Waals surface area contributed by atoms with Gasteiger partial charge in [-0.05, 0) is 12.6 Å². The average Bonchev–Trinajstić information content (AvgIpc) is 2.25. The lowest BCUT2D eigenvalue weighted by atomic mass is 10.2. The molecule has 0 aliphatic rings. The van der Waals surface area contributed by atoms with Crippen molar-refractivity contribution in [2.75, 3.05) is 25.6 Å². The van der Waals surface area contributed by atoms with Gasteiger partial charge in [-0.25, -0.2) is 8.42 Å². The van der Waals surface area contributed by atoms with E-state index in [1.165, 1.54) is 17.0 Å². The summed E-state index contributed by atoms with van der Waals surface area (Å²) in [5.74, 6) is 0.219. The number of hydrogen-bond acceptors (Lipinski definition) is 3. The van der Waals surface area contributed by atoms with Gasteiger partial charge in [0.15, 0.2) is 0 Å². The molecule has 1 aromatic carbocycles. The minimum Gasteiger partial charge on any atom is -0.301 e. The van der Waals surface area contributed by atoms with E-state index in [0.29, 0.717) is 6.54 Å². The summed E-state index contributed by atoms with van der Waals surface area (Å²) in [5.41, 5.74) is 1.23. The van der Waals surface area contributed by atoms with E-state index in [0.717, 1.165) is 6.54 Å². The molecule has 3 nitrogen and oxygen atoms in total. The van der Waals surface area contributed by atoms with Gasteiger partial charge in [-0.2, -0.15) is 0 Å². The minimum absolute atomic E-state index is 0.219. The highest BCUT2D eigenvalue weighted by molar-refractivity contribution is 7.90. The van der Waals surface area contributed by atoms with E-state index < -0.39 is 17.9 Å². The van der Waals surface area contributed by atoms with E-state index in [4.69, 9.17) is 0 Å². The van der Waals surface area contributed by atoms with Gasteiger partial charge in [0, 0.05) is 19.3 Å². The lowest BCUT2D eigenvalue weighted by Gasteiger charge is -2.19. The van der Waals surface area contributed by atoms with E-state index in [9.17, 15) is 8.42 Å². The summed E-state index contributed by atoms with van der Waals surface area (Å²) in [6.07, 6.45) is 1.28. The first-order valence-corrected chi connectivity index (χ1v) is 12.1. The van der Waals surface area contributed by atoms with Gasteiger partial charge in [0.25, 0.3) is 0 Å².